The van der Waals surface area contributed by atoms with E-state index in [0.29, 0.717) is 17.0 Å². The largest absolute Gasteiger partial charge is 0.492 e. The summed E-state index contributed by atoms with van der Waals surface area (Å²) < 4.78 is 1.63. The minimum absolute atomic E-state index is 0.0619. The lowest BCUT2D eigenvalue weighted by molar-refractivity contribution is 0.456. The van der Waals surface area contributed by atoms with Gasteiger partial charge in [0.2, 0.25) is 5.88 Å². The van der Waals surface area contributed by atoms with Gasteiger partial charge in [-0.25, -0.2) is 15.0 Å². The number of nitrogens with two attached hydrogens (primary N) is 1. The number of rotatable bonds is 2. The average molecular weight is 292 g/mol. The van der Waals surface area contributed by atoms with Crippen LogP contribution in [0.1, 0.15) is 0 Å². The molecule has 7 nitrogen and oxygen atoms in total. The number of imidazole rings is 2. The number of aromatic amines is 1. The van der Waals surface area contributed by atoms with E-state index in [1.165, 1.54) is 12.5 Å². The second-order valence-corrected chi connectivity index (χ2v) is 4.88. The first kappa shape index (κ1) is 12.4. The number of anilines is 1. The summed E-state index contributed by atoms with van der Waals surface area (Å²) in [5.41, 5.74) is 8.90. The third-order valence-electron chi connectivity index (χ3n) is 3.38. The van der Waals surface area contributed by atoms with E-state index in [1.807, 2.05) is 30.3 Å². The molecular formula is C15H12N6O. The highest BCUT2D eigenvalue weighted by Crippen LogP contribution is 2.24. The number of nitrogens with zero attached hydrogens (tertiary/aromatic N) is 4. The maximum absolute atomic E-state index is 9.40. The van der Waals surface area contributed by atoms with Gasteiger partial charge in [-0.2, -0.15) is 0 Å². The Morgan fingerprint density at radius 1 is 1.09 bits per heavy atom. The molecule has 0 bridgehead atoms. The minimum atomic E-state index is -0.0619. The minimum Gasteiger partial charge on any atom is -0.492 e. The maximum atomic E-state index is 9.40. The van der Waals surface area contributed by atoms with Crippen LogP contribution in [0.2, 0.25) is 0 Å². The van der Waals surface area contributed by atoms with Crippen LogP contribution in [0.3, 0.4) is 0 Å². The Balaban J connectivity index is 1.89. The highest BCUT2D eigenvalue weighted by molar-refractivity contribution is 5.85. The fourth-order valence-corrected chi connectivity index (χ4v) is 2.32. The van der Waals surface area contributed by atoms with Gasteiger partial charge in [0.15, 0.2) is 5.82 Å². The lowest BCUT2D eigenvalue weighted by Crippen LogP contribution is -1.95. The van der Waals surface area contributed by atoms with Crippen LogP contribution in [-0.2, 0) is 0 Å². The monoisotopic (exact) mass is 292 g/mol. The molecule has 108 valence electrons. The second-order valence-electron chi connectivity index (χ2n) is 4.88. The van der Waals surface area contributed by atoms with Crippen molar-refractivity contribution in [1.29, 1.82) is 0 Å². The SMILES string of the molecule is Nc1ccc(-c2nc3c(-n4cnc(O)c4)nccc3[nH]2)cc1. The van der Waals surface area contributed by atoms with Crippen LogP contribution in [0.25, 0.3) is 28.2 Å². The smallest absolute Gasteiger partial charge is 0.229 e. The third kappa shape index (κ3) is 1.96. The number of pyridine rings is 1. The van der Waals surface area contributed by atoms with E-state index in [0.717, 1.165) is 16.9 Å². The van der Waals surface area contributed by atoms with Crippen LogP contribution in [0.5, 0.6) is 5.88 Å². The zero-order valence-electron chi connectivity index (χ0n) is 11.4. The van der Waals surface area contributed by atoms with Crippen molar-refractivity contribution >= 4 is 16.7 Å². The summed E-state index contributed by atoms with van der Waals surface area (Å²) >= 11 is 0. The quantitative estimate of drug-likeness (QED) is 0.491. The van der Waals surface area contributed by atoms with Crippen molar-refractivity contribution in [3.05, 3.63) is 49.1 Å². The lowest BCUT2D eigenvalue weighted by Gasteiger charge is -2.00. The van der Waals surface area contributed by atoms with Crippen molar-refractivity contribution < 1.29 is 5.11 Å². The molecule has 0 aliphatic heterocycles. The van der Waals surface area contributed by atoms with E-state index in [-0.39, 0.29) is 5.88 Å². The van der Waals surface area contributed by atoms with E-state index >= 15 is 0 Å². The van der Waals surface area contributed by atoms with Crippen molar-refractivity contribution in [2.24, 2.45) is 0 Å². The number of hydrogen-bond acceptors (Lipinski definition) is 5. The van der Waals surface area contributed by atoms with Crippen LogP contribution in [0.15, 0.2) is 49.1 Å². The van der Waals surface area contributed by atoms with Crippen molar-refractivity contribution in [3.63, 3.8) is 0 Å². The highest BCUT2D eigenvalue weighted by atomic mass is 16.3. The summed E-state index contributed by atoms with van der Waals surface area (Å²) in [5.74, 6) is 1.27. The summed E-state index contributed by atoms with van der Waals surface area (Å²) in [5, 5.41) is 9.40. The predicted octanol–water partition coefficient (Wildman–Crippen LogP) is 2.10. The van der Waals surface area contributed by atoms with Crippen molar-refractivity contribution in [2.75, 3.05) is 5.73 Å². The van der Waals surface area contributed by atoms with Crippen LogP contribution >= 0.6 is 0 Å². The number of hydrogen-bond donors (Lipinski definition) is 3. The molecule has 4 aromatic rings. The summed E-state index contributed by atoms with van der Waals surface area (Å²) in [7, 11) is 0. The fourth-order valence-electron chi connectivity index (χ4n) is 2.32. The van der Waals surface area contributed by atoms with Crippen LogP contribution < -0.4 is 5.73 Å². The van der Waals surface area contributed by atoms with E-state index in [4.69, 9.17) is 5.73 Å². The van der Waals surface area contributed by atoms with E-state index in [9.17, 15) is 5.11 Å². The van der Waals surface area contributed by atoms with Gasteiger partial charge in [-0.15, -0.1) is 0 Å². The zero-order chi connectivity index (χ0) is 15.1. The second kappa shape index (κ2) is 4.59. The Kier molecular flexibility index (Phi) is 2.59. The Labute approximate surface area is 125 Å². The van der Waals surface area contributed by atoms with Gasteiger partial charge in [0.1, 0.15) is 17.7 Å². The van der Waals surface area contributed by atoms with Gasteiger partial charge in [-0.3, -0.25) is 4.57 Å². The molecule has 3 heterocycles. The molecule has 22 heavy (non-hydrogen) atoms. The molecule has 0 spiro atoms. The Hall–Kier alpha value is -3.35. The van der Waals surface area contributed by atoms with Gasteiger partial charge in [0.25, 0.3) is 0 Å². The van der Waals surface area contributed by atoms with Crippen LogP contribution in [0, 0.1) is 0 Å². The molecule has 0 unspecified atom stereocenters. The molecule has 3 aromatic heterocycles. The van der Waals surface area contributed by atoms with Crippen LogP contribution in [0.4, 0.5) is 5.69 Å². The molecule has 0 aliphatic rings. The molecule has 4 rings (SSSR count). The molecule has 1 aromatic carbocycles. The van der Waals surface area contributed by atoms with Crippen molar-refractivity contribution in [1.82, 2.24) is 24.5 Å². The Morgan fingerprint density at radius 2 is 1.91 bits per heavy atom. The van der Waals surface area contributed by atoms with Gasteiger partial charge >= 0.3 is 0 Å². The maximum Gasteiger partial charge on any atom is 0.229 e. The first-order valence-electron chi connectivity index (χ1n) is 6.65. The summed E-state index contributed by atoms with van der Waals surface area (Å²) in [6.07, 6.45) is 4.66. The summed E-state index contributed by atoms with van der Waals surface area (Å²) in [4.78, 5) is 16.0. The standard InChI is InChI=1S/C15H12N6O/c16-10-3-1-9(2-4-10)14-19-11-5-6-17-15(13(11)20-14)21-7-12(22)18-8-21/h1-8,22H,16H2,(H,19,20). The molecule has 7 heteroatoms. The van der Waals surface area contributed by atoms with E-state index < -0.39 is 0 Å². The van der Waals surface area contributed by atoms with Crippen molar-refractivity contribution in [2.45, 2.75) is 0 Å². The lowest BCUT2D eigenvalue weighted by atomic mass is 10.2. The van der Waals surface area contributed by atoms with Crippen molar-refractivity contribution in [3.8, 4) is 23.1 Å². The normalized spacial score (nSPS) is 11.1. The van der Waals surface area contributed by atoms with E-state index in [1.54, 1.807) is 10.8 Å². The molecule has 0 fully saturated rings. The van der Waals surface area contributed by atoms with Gasteiger partial charge in [0.05, 0.1) is 11.7 Å². The Morgan fingerprint density at radius 3 is 2.64 bits per heavy atom. The molecule has 0 saturated heterocycles. The van der Waals surface area contributed by atoms with Gasteiger partial charge in [-0.05, 0) is 30.3 Å². The number of aromatic nitrogens is 5. The third-order valence-corrected chi connectivity index (χ3v) is 3.38. The summed E-state index contributed by atoms with van der Waals surface area (Å²) in [6.45, 7) is 0. The molecule has 0 radical (unpaired) electrons. The number of nitrogens with one attached hydrogen (secondary N) is 1. The van der Waals surface area contributed by atoms with Gasteiger partial charge in [0, 0.05) is 17.4 Å². The molecular weight excluding hydrogens is 280 g/mol. The number of H-pyrrole nitrogens is 1. The molecule has 4 N–H and O–H groups in total. The number of aromatic hydroxyl groups is 1. The first-order valence-corrected chi connectivity index (χ1v) is 6.65. The topological polar surface area (TPSA) is 106 Å². The molecule has 0 amide bonds. The summed E-state index contributed by atoms with van der Waals surface area (Å²) in [6, 6.07) is 9.32. The molecule has 0 aliphatic carbocycles. The fraction of sp³-hybridized carbons (Fsp3) is 0. The first-order chi connectivity index (χ1) is 10.7. The predicted molar refractivity (Wildman–Crippen MR) is 82.5 cm³/mol. The average Bonchev–Trinajstić information content (AvgIpc) is 3.13. The Bertz CT molecular complexity index is 954. The number of nitrogen functional groups attached to an aromatic ring is 1. The molecule has 0 atom stereocenters. The number of fused-ring (bicyclic) bond motifs is 1. The van der Waals surface area contributed by atoms with Gasteiger partial charge < -0.3 is 15.8 Å². The highest BCUT2D eigenvalue weighted by Gasteiger charge is 2.12. The van der Waals surface area contributed by atoms with Crippen LogP contribution in [-0.4, -0.2) is 29.6 Å². The van der Waals surface area contributed by atoms with E-state index in [2.05, 4.69) is 19.9 Å². The van der Waals surface area contributed by atoms with Gasteiger partial charge in [-0.1, -0.05) is 0 Å². The zero-order valence-corrected chi connectivity index (χ0v) is 11.4. The molecule has 0 saturated carbocycles. The number of benzene rings is 1.